The number of nitrogens with zero attached hydrogens (tertiary/aromatic N) is 3. The maximum absolute atomic E-state index is 4.58. The Bertz CT molecular complexity index is 1090. The molecule has 5 nitrogen and oxygen atoms in total. The topological polar surface area (TPSA) is 47.2 Å². The number of hydrogen-bond donors (Lipinski definition) is 2. The summed E-state index contributed by atoms with van der Waals surface area (Å²) in [5.74, 6) is 0.839. The van der Waals surface area contributed by atoms with E-state index in [-0.39, 0.29) is 0 Å². The molecule has 2 aromatic heterocycles. The van der Waals surface area contributed by atoms with Crippen molar-refractivity contribution in [1.29, 1.82) is 0 Å². The number of H-pyrrole nitrogens is 1. The lowest BCUT2D eigenvalue weighted by atomic mass is 10.1. The highest BCUT2D eigenvalue weighted by Crippen LogP contribution is 2.26. The lowest BCUT2D eigenvalue weighted by Crippen LogP contribution is -2.44. The average Bonchev–Trinajstić information content (AvgIpc) is 3.19. The third kappa shape index (κ3) is 3.82. The highest BCUT2D eigenvalue weighted by atomic mass is 15.2. The highest BCUT2D eigenvalue weighted by Gasteiger charge is 2.14. The summed E-state index contributed by atoms with van der Waals surface area (Å²) in [5.41, 5.74) is 5.69. The first-order valence-corrected chi connectivity index (χ1v) is 10.1. The fourth-order valence-electron chi connectivity index (χ4n) is 3.84. The summed E-state index contributed by atoms with van der Waals surface area (Å²) in [5, 5.41) is 4.54. The van der Waals surface area contributed by atoms with Crippen LogP contribution < -0.4 is 10.2 Å². The quantitative estimate of drug-likeness (QED) is 0.535. The van der Waals surface area contributed by atoms with Gasteiger partial charge in [0.1, 0.15) is 5.82 Å². The number of piperazine rings is 1. The molecule has 0 saturated carbocycles. The number of pyridine rings is 1. The van der Waals surface area contributed by atoms with Gasteiger partial charge in [-0.2, -0.15) is 0 Å². The maximum Gasteiger partial charge on any atom is 0.132 e. The normalized spacial score (nSPS) is 15.0. The number of benzene rings is 2. The molecule has 0 unspecified atom stereocenters. The van der Waals surface area contributed by atoms with Crippen LogP contribution in [0.25, 0.3) is 22.2 Å². The number of anilines is 3. The van der Waals surface area contributed by atoms with E-state index < -0.39 is 0 Å². The van der Waals surface area contributed by atoms with Crippen molar-refractivity contribution in [3.63, 3.8) is 0 Å². The van der Waals surface area contributed by atoms with E-state index in [1.54, 1.807) is 0 Å². The first-order chi connectivity index (χ1) is 14.2. The van der Waals surface area contributed by atoms with Crippen LogP contribution in [0.3, 0.4) is 0 Å². The number of aromatic nitrogens is 2. The number of nitrogens with one attached hydrogen (secondary N) is 2. The Balaban J connectivity index is 1.32. The van der Waals surface area contributed by atoms with E-state index in [0.717, 1.165) is 54.3 Å². The van der Waals surface area contributed by atoms with Crippen molar-refractivity contribution in [2.24, 2.45) is 0 Å². The SMILES string of the molecule is CN1CCN(c2ccc(Nc3cc4[nH]c(-c5ccccc5)cc4cn3)cc2)CC1. The molecule has 2 N–H and O–H groups in total. The monoisotopic (exact) mass is 383 g/mol. The van der Waals surface area contributed by atoms with Crippen molar-refractivity contribution in [2.45, 2.75) is 0 Å². The molecule has 1 aliphatic rings. The third-order valence-electron chi connectivity index (χ3n) is 5.60. The minimum Gasteiger partial charge on any atom is -0.369 e. The summed E-state index contributed by atoms with van der Waals surface area (Å²) in [6.45, 7) is 4.40. The van der Waals surface area contributed by atoms with Gasteiger partial charge in [-0.05, 0) is 42.9 Å². The van der Waals surface area contributed by atoms with Crippen molar-refractivity contribution >= 4 is 28.1 Å². The molecular weight excluding hydrogens is 358 g/mol. The molecule has 5 rings (SSSR count). The Morgan fingerprint density at radius 2 is 1.66 bits per heavy atom. The first kappa shape index (κ1) is 17.8. The highest BCUT2D eigenvalue weighted by molar-refractivity contribution is 5.87. The molecule has 0 amide bonds. The molecule has 2 aromatic carbocycles. The minimum absolute atomic E-state index is 0.839. The summed E-state index contributed by atoms with van der Waals surface area (Å²) in [6.07, 6.45) is 1.92. The van der Waals surface area contributed by atoms with Gasteiger partial charge >= 0.3 is 0 Å². The van der Waals surface area contributed by atoms with Gasteiger partial charge in [-0.15, -0.1) is 0 Å². The third-order valence-corrected chi connectivity index (χ3v) is 5.60. The van der Waals surface area contributed by atoms with E-state index in [1.807, 2.05) is 12.3 Å². The predicted octanol–water partition coefficient (Wildman–Crippen LogP) is 4.73. The van der Waals surface area contributed by atoms with Crippen molar-refractivity contribution in [3.05, 3.63) is 72.9 Å². The van der Waals surface area contributed by atoms with Gasteiger partial charge in [-0.25, -0.2) is 4.98 Å². The lowest BCUT2D eigenvalue weighted by molar-refractivity contribution is 0.313. The fraction of sp³-hybridized carbons (Fsp3) is 0.208. The van der Waals surface area contributed by atoms with Crippen LogP contribution in [0.4, 0.5) is 17.2 Å². The van der Waals surface area contributed by atoms with Crippen LogP contribution in [-0.2, 0) is 0 Å². The zero-order chi connectivity index (χ0) is 19.6. The summed E-state index contributed by atoms with van der Waals surface area (Å²) in [6, 6.07) is 23.2. The van der Waals surface area contributed by atoms with Gasteiger partial charge in [-0.3, -0.25) is 0 Å². The van der Waals surface area contributed by atoms with Gasteiger partial charge in [0.05, 0.1) is 5.52 Å². The number of likely N-dealkylation sites (N-methyl/N-ethyl adjacent to an activating group) is 1. The summed E-state index contributed by atoms with van der Waals surface area (Å²) >= 11 is 0. The van der Waals surface area contributed by atoms with Crippen molar-refractivity contribution in [1.82, 2.24) is 14.9 Å². The Morgan fingerprint density at radius 1 is 0.897 bits per heavy atom. The molecule has 0 bridgehead atoms. The second kappa shape index (κ2) is 7.60. The molecule has 1 saturated heterocycles. The molecule has 4 aromatic rings. The Kier molecular flexibility index (Phi) is 4.66. The molecule has 29 heavy (non-hydrogen) atoms. The van der Waals surface area contributed by atoms with E-state index in [4.69, 9.17) is 0 Å². The van der Waals surface area contributed by atoms with Crippen LogP contribution in [0, 0.1) is 0 Å². The van der Waals surface area contributed by atoms with Crippen LogP contribution in [0.5, 0.6) is 0 Å². The van der Waals surface area contributed by atoms with Gasteiger partial charge < -0.3 is 20.1 Å². The molecule has 5 heteroatoms. The number of rotatable bonds is 4. The van der Waals surface area contributed by atoms with Gasteiger partial charge in [-0.1, -0.05) is 30.3 Å². The summed E-state index contributed by atoms with van der Waals surface area (Å²) in [7, 11) is 2.18. The predicted molar refractivity (Wildman–Crippen MR) is 121 cm³/mol. The van der Waals surface area contributed by atoms with Gasteiger partial charge in [0, 0.05) is 60.9 Å². The Labute approximate surface area is 171 Å². The number of aromatic amines is 1. The number of fused-ring (bicyclic) bond motifs is 1. The van der Waals surface area contributed by atoms with E-state index >= 15 is 0 Å². The summed E-state index contributed by atoms with van der Waals surface area (Å²) in [4.78, 5) is 12.9. The minimum atomic E-state index is 0.839. The van der Waals surface area contributed by atoms with E-state index in [1.165, 1.54) is 11.3 Å². The van der Waals surface area contributed by atoms with Crippen LogP contribution in [-0.4, -0.2) is 48.1 Å². The summed E-state index contributed by atoms with van der Waals surface area (Å²) < 4.78 is 0. The van der Waals surface area contributed by atoms with Crippen LogP contribution in [0.15, 0.2) is 72.9 Å². The molecule has 0 spiro atoms. The van der Waals surface area contributed by atoms with E-state index in [0.29, 0.717) is 0 Å². The van der Waals surface area contributed by atoms with Crippen molar-refractivity contribution < 1.29 is 0 Å². The lowest BCUT2D eigenvalue weighted by Gasteiger charge is -2.34. The van der Waals surface area contributed by atoms with Crippen LogP contribution in [0.1, 0.15) is 0 Å². The molecule has 0 atom stereocenters. The molecule has 1 aliphatic heterocycles. The van der Waals surface area contributed by atoms with Crippen molar-refractivity contribution in [3.8, 4) is 11.3 Å². The van der Waals surface area contributed by atoms with Gasteiger partial charge in [0.25, 0.3) is 0 Å². The van der Waals surface area contributed by atoms with Crippen LogP contribution >= 0.6 is 0 Å². The smallest absolute Gasteiger partial charge is 0.132 e. The van der Waals surface area contributed by atoms with Crippen LogP contribution in [0.2, 0.25) is 0 Å². The first-order valence-electron chi connectivity index (χ1n) is 10.1. The number of hydrogen-bond acceptors (Lipinski definition) is 4. The Hall–Kier alpha value is -3.31. The second-order valence-corrected chi connectivity index (χ2v) is 7.67. The molecule has 1 fully saturated rings. The largest absolute Gasteiger partial charge is 0.369 e. The second-order valence-electron chi connectivity index (χ2n) is 7.67. The molecule has 0 aliphatic carbocycles. The zero-order valence-electron chi connectivity index (χ0n) is 16.6. The standard InChI is InChI=1S/C24H25N5/c1-28-11-13-29(14-12-28)21-9-7-20(8-10-21)26-24-16-23-19(17-25-24)15-22(27-23)18-5-3-2-4-6-18/h2-10,15-17,27H,11-14H2,1H3,(H,25,26). The van der Waals surface area contributed by atoms with Gasteiger partial charge in [0.2, 0.25) is 0 Å². The van der Waals surface area contributed by atoms with E-state index in [9.17, 15) is 0 Å². The molecule has 0 radical (unpaired) electrons. The van der Waals surface area contributed by atoms with Gasteiger partial charge in [0.15, 0.2) is 0 Å². The fourth-order valence-corrected chi connectivity index (χ4v) is 3.84. The van der Waals surface area contributed by atoms with Crippen molar-refractivity contribution in [2.75, 3.05) is 43.4 Å². The Morgan fingerprint density at radius 3 is 2.41 bits per heavy atom. The maximum atomic E-state index is 4.58. The zero-order valence-corrected chi connectivity index (χ0v) is 16.6. The van der Waals surface area contributed by atoms with E-state index in [2.05, 4.69) is 92.8 Å². The molecule has 3 heterocycles. The molecule has 146 valence electrons. The molecular formula is C24H25N5. The average molecular weight is 383 g/mol.